The van der Waals surface area contributed by atoms with Gasteiger partial charge in [-0.15, -0.1) is 0 Å². The molecule has 0 radical (unpaired) electrons. The van der Waals surface area contributed by atoms with E-state index in [1.54, 1.807) is 0 Å². The number of nitrogens with zero attached hydrogens (tertiary/aromatic N) is 2. The summed E-state index contributed by atoms with van der Waals surface area (Å²) < 4.78 is 5.75. The molecule has 0 aliphatic carbocycles. The van der Waals surface area contributed by atoms with Gasteiger partial charge in [0.1, 0.15) is 11.9 Å². The van der Waals surface area contributed by atoms with Crippen LogP contribution in [0.1, 0.15) is 24.2 Å². The van der Waals surface area contributed by atoms with Crippen molar-refractivity contribution in [3.8, 4) is 5.75 Å². The van der Waals surface area contributed by atoms with Gasteiger partial charge in [-0.3, -0.25) is 4.90 Å². The molecule has 2 aromatic rings. The van der Waals surface area contributed by atoms with Crippen LogP contribution in [0.4, 0.5) is 5.69 Å². The molecule has 4 nitrogen and oxygen atoms in total. The average Bonchev–Trinajstić information content (AvgIpc) is 3.02. The predicted molar refractivity (Wildman–Crippen MR) is 100 cm³/mol. The van der Waals surface area contributed by atoms with E-state index in [1.807, 2.05) is 12.1 Å². The van der Waals surface area contributed by atoms with Crippen LogP contribution in [0.15, 0.2) is 48.5 Å². The van der Waals surface area contributed by atoms with Gasteiger partial charge in [-0.1, -0.05) is 24.3 Å². The van der Waals surface area contributed by atoms with E-state index in [1.165, 1.54) is 11.3 Å². The average molecular weight is 338 g/mol. The van der Waals surface area contributed by atoms with Gasteiger partial charge in [-0.2, -0.15) is 0 Å². The standard InChI is InChI=1S/C21H26N2O2/c1-16-13-18-14-17(7-8-21(18)25-16)20(24)15-22-9-11-23(12-10-22)19-5-3-2-4-6-19/h2-8,14,16,20,24H,9-13,15H2,1H3/t16-,20+/m0/s1. The molecule has 4 heteroatoms. The molecule has 0 aromatic heterocycles. The minimum Gasteiger partial charge on any atom is -0.490 e. The van der Waals surface area contributed by atoms with E-state index in [0.717, 1.165) is 43.9 Å². The van der Waals surface area contributed by atoms with Crippen LogP contribution in [-0.4, -0.2) is 48.8 Å². The van der Waals surface area contributed by atoms with Gasteiger partial charge >= 0.3 is 0 Å². The molecule has 0 saturated carbocycles. The number of hydrogen-bond donors (Lipinski definition) is 1. The van der Waals surface area contributed by atoms with E-state index >= 15 is 0 Å². The summed E-state index contributed by atoms with van der Waals surface area (Å²) in [6, 6.07) is 16.7. The lowest BCUT2D eigenvalue weighted by Gasteiger charge is -2.37. The Bertz CT molecular complexity index is 711. The lowest BCUT2D eigenvalue weighted by atomic mass is 10.0. The van der Waals surface area contributed by atoms with Gasteiger partial charge in [0, 0.05) is 44.8 Å². The Morgan fingerprint density at radius 1 is 1.08 bits per heavy atom. The zero-order chi connectivity index (χ0) is 17.2. The van der Waals surface area contributed by atoms with Crippen molar-refractivity contribution >= 4 is 5.69 Å². The van der Waals surface area contributed by atoms with Crippen molar-refractivity contribution in [2.75, 3.05) is 37.6 Å². The quantitative estimate of drug-likeness (QED) is 0.930. The summed E-state index contributed by atoms with van der Waals surface area (Å²) in [5, 5.41) is 10.7. The monoisotopic (exact) mass is 338 g/mol. The summed E-state index contributed by atoms with van der Waals surface area (Å²) in [5.74, 6) is 0.972. The van der Waals surface area contributed by atoms with Crippen LogP contribution in [0.3, 0.4) is 0 Å². The van der Waals surface area contributed by atoms with Gasteiger partial charge in [0.15, 0.2) is 0 Å². The second-order valence-corrected chi connectivity index (χ2v) is 7.14. The van der Waals surface area contributed by atoms with Crippen molar-refractivity contribution in [3.63, 3.8) is 0 Å². The highest BCUT2D eigenvalue weighted by molar-refractivity contribution is 5.46. The Balaban J connectivity index is 1.33. The molecule has 0 spiro atoms. The zero-order valence-electron chi connectivity index (χ0n) is 14.8. The molecule has 4 rings (SSSR count). The number of rotatable bonds is 4. The van der Waals surface area contributed by atoms with Crippen molar-refractivity contribution in [1.29, 1.82) is 0 Å². The van der Waals surface area contributed by atoms with Crippen LogP contribution in [0.2, 0.25) is 0 Å². The van der Waals surface area contributed by atoms with Crippen LogP contribution in [-0.2, 0) is 6.42 Å². The fourth-order valence-electron chi connectivity index (χ4n) is 3.83. The smallest absolute Gasteiger partial charge is 0.123 e. The molecular weight excluding hydrogens is 312 g/mol. The first-order valence-electron chi connectivity index (χ1n) is 9.19. The predicted octanol–water partition coefficient (Wildman–Crippen LogP) is 2.87. The number of aliphatic hydroxyl groups excluding tert-OH is 1. The third-order valence-corrected chi connectivity index (χ3v) is 5.23. The number of aliphatic hydroxyl groups is 1. The topological polar surface area (TPSA) is 35.9 Å². The third kappa shape index (κ3) is 3.65. The maximum absolute atomic E-state index is 10.7. The first-order valence-corrected chi connectivity index (χ1v) is 9.19. The van der Waals surface area contributed by atoms with E-state index in [9.17, 15) is 5.11 Å². The molecular formula is C21H26N2O2. The van der Waals surface area contributed by atoms with Crippen molar-refractivity contribution in [1.82, 2.24) is 4.90 Å². The van der Waals surface area contributed by atoms with Crippen molar-refractivity contribution in [3.05, 3.63) is 59.7 Å². The van der Waals surface area contributed by atoms with Crippen LogP contribution in [0.25, 0.3) is 0 Å². The number of benzene rings is 2. The third-order valence-electron chi connectivity index (χ3n) is 5.23. The van der Waals surface area contributed by atoms with E-state index < -0.39 is 6.10 Å². The minimum absolute atomic E-state index is 0.244. The second kappa shape index (κ2) is 7.06. The Kier molecular flexibility index (Phi) is 4.64. The van der Waals surface area contributed by atoms with E-state index in [4.69, 9.17) is 4.74 Å². The number of piperazine rings is 1. The summed E-state index contributed by atoms with van der Waals surface area (Å²) in [4.78, 5) is 4.77. The van der Waals surface area contributed by atoms with Gasteiger partial charge < -0.3 is 14.7 Å². The fraction of sp³-hybridized carbons (Fsp3) is 0.429. The first kappa shape index (κ1) is 16.4. The molecule has 0 unspecified atom stereocenters. The number of β-amino-alcohol motifs (C(OH)–C–C–N with tert-alkyl or cyclic N) is 1. The van der Waals surface area contributed by atoms with Gasteiger partial charge in [0.25, 0.3) is 0 Å². The molecule has 2 aromatic carbocycles. The maximum atomic E-state index is 10.7. The highest BCUT2D eigenvalue weighted by atomic mass is 16.5. The maximum Gasteiger partial charge on any atom is 0.123 e. The molecule has 1 fully saturated rings. The van der Waals surface area contributed by atoms with Gasteiger partial charge in [0.05, 0.1) is 6.10 Å². The van der Waals surface area contributed by atoms with E-state index in [0.29, 0.717) is 6.54 Å². The molecule has 2 aliphatic heterocycles. The largest absolute Gasteiger partial charge is 0.490 e. The SMILES string of the molecule is C[C@H]1Cc2cc([C@H](O)CN3CCN(c4ccccc4)CC3)ccc2O1. The summed E-state index contributed by atoms with van der Waals surface area (Å²) in [6.45, 7) is 6.76. The molecule has 1 saturated heterocycles. The summed E-state index contributed by atoms with van der Waals surface area (Å²) in [7, 11) is 0. The molecule has 0 bridgehead atoms. The zero-order valence-corrected chi connectivity index (χ0v) is 14.8. The highest BCUT2D eigenvalue weighted by Crippen LogP contribution is 2.31. The fourth-order valence-corrected chi connectivity index (χ4v) is 3.83. The Morgan fingerprint density at radius 2 is 1.84 bits per heavy atom. The van der Waals surface area contributed by atoms with E-state index in [-0.39, 0.29) is 6.10 Å². The summed E-state index contributed by atoms with van der Waals surface area (Å²) >= 11 is 0. The highest BCUT2D eigenvalue weighted by Gasteiger charge is 2.23. The Labute approximate surface area is 149 Å². The lowest BCUT2D eigenvalue weighted by molar-refractivity contribution is 0.109. The molecule has 1 N–H and O–H groups in total. The van der Waals surface area contributed by atoms with Gasteiger partial charge in [-0.05, 0) is 42.3 Å². The van der Waals surface area contributed by atoms with Crippen molar-refractivity contribution in [2.24, 2.45) is 0 Å². The Morgan fingerprint density at radius 3 is 2.60 bits per heavy atom. The molecule has 25 heavy (non-hydrogen) atoms. The molecule has 0 amide bonds. The molecule has 132 valence electrons. The number of hydrogen-bond acceptors (Lipinski definition) is 4. The van der Waals surface area contributed by atoms with E-state index in [2.05, 4.69) is 53.1 Å². The van der Waals surface area contributed by atoms with Gasteiger partial charge in [0.2, 0.25) is 0 Å². The van der Waals surface area contributed by atoms with Crippen LogP contribution in [0.5, 0.6) is 5.75 Å². The second-order valence-electron chi connectivity index (χ2n) is 7.14. The Hall–Kier alpha value is -2.04. The summed E-state index contributed by atoms with van der Waals surface area (Å²) in [5.41, 5.74) is 3.51. The van der Waals surface area contributed by atoms with Crippen LogP contribution >= 0.6 is 0 Å². The number of para-hydroxylation sites is 1. The number of anilines is 1. The summed E-state index contributed by atoms with van der Waals surface area (Å²) in [6.07, 6.45) is 0.740. The molecule has 2 atom stereocenters. The first-order chi connectivity index (χ1) is 12.2. The van der Waals surface area contributed by atoms with Crippen molar-refractivity contribution in [2.45, 2.75) is 25.6 Å². The minimum atomic E-state index is -0.440. The lowest BCUT2D eigenvalue weighted by Crippen LogP contribution is -2.47. The van der Waals surface area contributed by atoms with Gasteiger partial charge in [-0.25, -0.2) is 0 Å². The normalized spacial score (nSPS) is 21.7. The van der Waals surface area contributed by atoms with Crippen molar-refractivity contribution < 1.29 is 9.84 Å². The number of ether oxygens (including phenoxy) is 1. The molecule has 2 aliphatic rings. The van der Waals surface area contributed by atoms with Crippen LogP contribution < -0.4 is 9.64 Å². The molecule has 2 heterocycles. The van der Waals surface area contributed by atoms with Crippen LogP contribution in [0, 0.1) is 0 Å². The number of fused-ring (bicyclic) bond motifs is 1.